The van der Waals surface area contributed by atoms with Crippen LogP contribution in [0.1, 0.15) is 57.1 Å². The minimum atomic E-state index is -0.415. The number of H-pyrrole nitrogens is 1. The van der Waals surface area contributed by atoms with Crippen LogP contribution in [-0.4, -0.2) is 34.9 Å². The first-order valence-electron chi connectivity index (χ1n) is 8.29. The number of anilines is 1. The monoisotopic (exact) mass is 306 g/mol. The van der Waals surface area contributed by atoms with Crippen molar-refractivity contribution in [2.75, 3.05) is 18.5 Å². The highest BCUT2D eigenvalue weighted by Crippen LogP contribution is 2.32. The molecule has 0 radical (unpaired) electrons. The number of rotatable bonds is 3. The van der Waals surface area contributed by atoms with E-state index in [1.165, 1.54) is 0 Å². The second-order valence-electron chi connectivity index (χ2n) is 6.89. The van der Waals surface area contributed by atoms with Crippen LogP contribution in [-0.2, 0) is 9.53 Å². The molecule has 6 heteroatoms. The first kappa shape index (κ1) is 15.5. The highest BCUT2D eigenvalue weighted by atomic mass is 16.5. The van der Waals surface area contributed by atoms with Gasteiger partial charge in [0, 0.05) is 36.4 Å². The van der Waals surface area contributed by atoms with Crippen LogP contribution in [0.2, 0.25) is 0 Å². The van der Waals surface area contributed by atoms with Crippen molar-refractivity contribution in [2.24, 2.45) is 11.7 Å². The Kier molecular flexibility index (Phi) is 4.49. The van der Waals surface area contributed by atoms with Crippen molar-refractivity contribution in [1.29, 1.82) is 0 Å². The molecule has 22 heavy (non-hydrogen) atoms. The number of aromatic amines is 1. The number of hydrogen-bond acceptors (Lipinski definition) is 4. The predicted octanol–water partition coefficient (Wildman–Crippen LogP) is 2.15. The summed E-state index contributed by atoms with van der Waals surface area (Å²) in [4.78, 5) is 12.5. The third kappa shape index (κ3) is 3.33. The van der Waals surface area contributed by atoms with Gasteiger partial charge in [0.1, 0.15) is 0 Å². The Hall–Kier alpha value is -1.40. The maximum atomic E-state index is 12.5. The van der Waals surface area contributed by atoms with Gasteiger partial charge in [0.05, 0.1) is 5.92 Å². The van der Waals surface area contributed by atoms with Crippen molar-refractivity contribution in [2.45, 2.75) is 56.9 Å². The average molecular weight is 306 g/mol. The van der Waals surface area contributed by atoms with E-state index in [-0.39, 0.29) is 11.8 Å². The molecule has 6 nitrogen and oxygen atoms in total. The van der Waals surface area contributed by atoms with Gasteiger partial charge in [0.2, 0.25) is 5.91 Å². The number of ether oxygens (including phenoxy) is 1. The van der Waals surface area contributed by atoms with Gasteiger partial charge < -0.3 is 15.8 Å². The molecule has 1 aromatic heterocycles. The molecule has 1 saturated heterocycles. The number of amides is 1. The van der Waals surface area contributed by atoms with Crippen LogP contribution in [0.15, 0.2) is 6.07 Å². The summed E-state index contributed by atoms with van der Waals surface area (Å²) in [5, 5.41) is 10.2. The van der Waals surface area contributed by atoms with Gasteiger partial charge in [-0.05, 0) is 32.6 Å². The molecule has 2 unspecified atom stereocenters. The first-order valence-corrected chi connectivity index (χ1v) is 8.29. The van der Waals surface area contributed by atoms with Crippen molar-refractivity contribution in [3.8, 4) is 0 Å². The van der Waals surface area contributed by atoms with Gasteiger partial charge >= 0.3 is 0 Å². The third-order valence-corrected chi connectivity index (χ3v) is 5.08. The Bertz CT molecular complexity index is 520. The highest BCUT2D eigenvalue weighted by molar-refractivity contribution is 5.92. The zero-order valence-corrected chi connectivity index (χ0v) is 13.2. The molecule has 1 aromatic rings. The first-order chi connectivity index (χ1) is 10.6. The number of carbonyl (C=O) groups excluding carboxylic acids is 1. The number of aromatic nitrogens is 2. The van der Waals surface area contributed by atoms with Crippen molar-refractivity contribution < 1.29 is 9.53 Å². The second-order valence-corrected chi connectivity index (χ2v) is 6.89. The fraction of sp³-hybridized carbons (Fsp3) is 0.750. The topological polar surface area (TPSA) is 93.0 Å². The molecule has 2 heterocycles. The number of nitrogens with two attached hydrogens (primary N) is 1. The summed E-state index contributed by atoms with van der Waals surface area (Å²) in [5.74, 6) is 0.911. The Morgan fingerprint density at radius 1 is 1.41 bits per heavy atom. The highest BCUT2D eigenvalue weighted by Gasteiger charge is 2.38. The molecule has 0 aromatic carbocycles. The smallest absolute Gasteiger partial charge is 0.230 e. The van der Waals surface area contributed by atoms with Crippen LogP contribution >= 0.6 is 0 Å². The molecule has 1 aliphatic heterocycles. The maximum absolute atomic E-state index is 12.5. The molecule has 2 fully saturated rings. The molecule has 4 N–H and O–H groups in total. The molecule has 1 aliphatic carbocycles. The van der Waals surface area contributed by atoms with Gasteiger partial charge in [-0.2, -0.15) is 5.10 Å². The fourth-order valence-electron chi connectivity index (χ4n) is 3.62. The lowest BCUT2D eigenvalue weighted by Crippen LogP contribution is -2.51. The normalized spacial score (nSPS) is 30.2. The largest absolute Gasteiger partial charge is 0.381 e. The summed E-state index contributed by atoms with van der Waals surface area (Å²) in [6.45, 7) is 3.56. The molecule has 0 spiro atoms. The van der Waals surface area contributed by atoms with Crippen LogP contribution in [0, 0.1) is 5.92 Å². The molecule has 2 atom stereocenters. The van der Waals surface area contributed by atoms with E-state index >= 15 is 0 Å². The van der Waals surface area contributed by atoms with Gasteiger partial charge in [-0.1, -0.05) is 12.8 Å². The molecule has 1 amide bonds. The molecule has 1 saturated carbocycles. The maximum Gasteiger partial charge on any atom is 0.230 e. The SMILES string of the molecule is CC1(N)CCCCC1C(=O)Nc1cc(C2CCOCC2)[nH]n1. The third-order valence-electron chi connectivity index (χ3n) is 5.08. The van der Waals surface area contributed by atoms with Gasteiger partial charge in [-0.15, -0.1) is 0 Å². The van der Waals surface area contributed by atoms with E-state index in [1.807, 2.05) is 13.0 Å². The summed E-state index contributed by atoms with van der Waals surface area (Å²) in [6, 6.07) is 1.95. The molecule has 122 valence electrons. The van der Waals surface area contributed by atoms with E-state index in [0.717, 1.165) is 57.4 Å². The summed E-state index contributed by atoms with van der Waals surface area (Å²) in [6.07, 6.45) is 5.93. The average Bonchev–Trinajstić information content (AvgIpc) is 2.96. The zero-order chi connectivity index (χ0) is 15.6. The lowest BCUT2D eigenvalue weighted by Gasteiger charge is -2.37. The van der Waals surface area contributed by atoms with E-state index < -0.39 is 5.54 Å². The zero-order valence-electron chi connectivity index (χ0n) is 13.2. The van der Waals surface area contributed by atoms with Gasteiger partial charge in [-0.3, -0.25) is 9.89 Å². The van der Waals surface area contributed by atoms with Crippen LogP contribution < -0.4 is 11.1 Å². The Labute approximate surface area is 131 Å². The van der Waals surface area contributed by atoms with Gasteiger partial charge in [0.15, 0.2) is 5.82 Å². The second kappa shape index (κ2) is 6.38. The molecule has 0 bridgehead atoms. The molecule has 3 rings (SSSR count). The molecule has 2 aliphatic rings. The van der Waals surface area contributed by atoms with Crippen LogP contribution in [0.25, 0.3) is 0 Å². The van der Waals surface area contributed by atoms with Crippen LogP contribution in [0.3, 0.4) is 0 Å². The van der Waals surface area contributed by atoms with E-state index in [2.05, 4.69) is 15.5 Å². The Balaban J connectivity index is 1.63. The lowest BCUT2D eigenvalue weighted by atomic mass is 9.74. The summed E-state index contributed by atoms with van der Waals surface area (Å²) >= 11 is 0. The Morgan fingerprint density at radius 2 is 2.18 bits per heavy atom. The minimum Gasteiger partial charge on any atom is -0.381 e. The van der Waals surface area contributed by atoms with Crippen molar-refractivity contribution in [3.05, 3.63) is 11.8 Å². The van der Waals surface area contributed by atoms with Gasteiger partial charge in [-0.25, -0.2) is 0 Å². The number of carbonyl (C=O) groups is 1. The van der Waals surface area contributed by atoms with E-state index in [4.69, 9.17) is 10.5 Å². The Morgan fingerprint density at radius 3 is 2.91 bits per heavy atom. The van der Waals surface area contributed by atoms with Crippen LogP contribution in [0.5, 0.6) is 0 Å². The fourth-order valence-corrected chi connectivity index (χ4v) is 3.62. The molecular weight excluding hydrogens is 280 g/mol. The van der Waals surface area contributed by atoms with Crippen molar-refractivity contribution in [1.82, 2.24) is 10.2 Å². The van der Waals surface area contributed by atoms with Crippen molar-refractivity contribution in [3.63, 3.8) is 0 Å². The number of nitrogens with zero attached hydrogens (tertiary/aromatic N) is 1. The summed E-state index contributed by atoms with van der Waals surface area (Å²) in [5.41, 5.74) is 6.96. The standard InChI is InChI=1S/C16H26N4O2/c1-16(17)7-3-2-4-12(16)15(21)18-14-10-13(19-20-14)11-5-8-22-9-6-11/h10-12H,2-9,17H2,1H3,(H2,18,19,20,21). The van der Waals surface area contributed by atoms with Crippen molar-refractivity contribution >= 4 is 11.7 Å². The predicted molar refractivity (Wildman–Crippen MR) is 84.6 cm³/mol. The van der Waals surface area contributed by atoms with Gasteiger partial charge in [0.25, 0.3) is 0 Å². The molecular formula is C16H26N4O2. The van der Waals surface area contributed by atoms with E-state index in [1.54, 1.807) is 0 Å². The lowest BCUT2D eigenvalue weighted by molar-refractivity contribution is -0.122. The van der Waals surface area contributed by atoms with Crippen LogP contribution in [0.4, 0.5) is 5.82 Å². The number of nitrogens with one attached hydrogen (secondary N) is 2. The quantitative estimate of drug-likeness (QED) is 0.797. The van der Waals surface area contributed by atoms with E-state index in [9.17, 15) is 4.79 Å². The summed E-state index contributed by atoms with van der Waals surface area (Å²) < 4.78 is 5.38. The van der Waals surface area contributed by atoms with E-state index in [0.29, 0.717) is 11.7 Å². The summed E-state index contributed by atoms with van der Waals surface area (Å²) in [7, 11) is 0. The minimum absolute atomic E-state index is 0.00488. The number of hydrogen-bond donors (Lipinski definition) is 3.